The Hall–Kier alpha value is -2.48. The Morgan fingerprint density at radius 1 is 1.32 bits per heavy atom. The van der Waals surface area contributed by atoms with Crippen LogP contribution in [0.4, 0.5) is 11.4 Å². The van der Waals surface area contributed by atoms with Crippen LogP contribution < -0.4 is 4.90 Å². The number of anilines is 1. The van der Waals surface area contributed by atoms with Crippen molar-refractivity contribution in [2.24, 2.45) is 0 Å². The number of ether oxygens (including phenoxy) is 1. The van der Waals surface area contributed by atoms with Crippen LogP contribution in [0.15, 0.2) is 18.2 Å². The fourth-order valence-electron chi connectivity index (χ4n) is 2.99. The van der Waals surface area contributed by atoms with Gasteiger partial charge in [0, 0.05) is 12.6 Å². The number of nitro groups is 1. The van der Waals surface area contributed by atoms with E-state index < -0.39 is 23.1 Å². The maximum Gasteiger partial charge on any atom is 0.332 e. The number of aliphatic carboxylic acids is 1. The van der Waals surface area contributed by atoms with Crippen molar-refractivity contribution in [2.75, 3.05) is 11.4 Å². The number of carbonyl (C=O) groups excluding carboxylic acids is 1. The van der Waals surface area contributed by atoms with Gasteiger partial charge in [-0.05, 0) is 25.3 Å². The normalized spacial score (nSPS) is 23.4. The van der Waals surface area contributed by atoms with Crippen LogP contribution in [0.2, 0.25) is 0 Å². The van der Waals surface area contributed by atoms with E-state index in [1.54, 1.807) is 6.07 Å². The lowest BCUT2D eigenvalue weighted by Gasteiger charge is -2.21. The van der Waals surface area contributed by atoms with Crippen molar-refractivity contribution >= 4 is 23.3 Å². The van der Waals surface area contributed by atoms with Crippen LogP contribution in [0.1, 0.15) is 18.4 Å². The Morgan fingerprint density at radius 3 is 2.68 bits per heavy atom. The topological polar surface area (TPSA) is 110 Å². The minimum atomic E-state index is -1.08. The van der Waals surface area contributed by atoms with Gasteiger partial charge in [0.25, 0.3) is 11.6 Å². The van der Waals surface area contributed by atoms with Crippen molar-refractivity contribution in [3.8, 4) is 0 Å². The van der Waals surface area contributed by atoms with Crippen LogP contribution in [0.25, 0.3) is 0 Å². The van der Waals surface area contributed by atoms with Gasteiger partial charge in [0.2, 0.25) is 0 Å². The van der Waals surface area contributed by atoms with Crippen LogP contribution in [-0.4, -0.2) is 40.7 Å². The van der Waals surface area contributed by atoms with E-state index in [1.165, 1.54) is 17.0 Å². The highest BCUT2D eigenvalue weighted by molar-refractivity contribution is 5.99. The summed E-state index contributed by atoms with van der Waals surface area (Å²) in [7, 11) is 0. The Bertz CT molecular complexity index is 659. The first-order chi connectivity index (χ1) is 10.5. The molecule has 0 saturated carbocycles. The molecule has 2 aliphatic heterocycles. The second kappa shape index (κ2) is 5.38. The van der Waals surface area contributed by atoms with Crippen LogP contribution >= 0.6 is 0 Å². The van der Waals surface area contributed by atoms with Gasteiger partial charge in [0.1, 0.15) is 6.10 Å². The van der Waals surface area contributed by atoms with Crippen LogP contribution in [0.5, 0.6) is 0 Å². The van der Waals surface area contributed by atoms with Gasteiger partial charge in [-0.1, -0.05) is 6.07 Å². The molecule has 1 N–H and O–H groups in total. The zero-order chi connectivity index (χ0) is 15.9. The smallest absolute Gasteiger partial charge is 0.332 e. The van der Waals surface area contributed by atoms with Crippen molar-refractivity contribution < 1.29 is 24.4 Å². The molecule has 1 aromatic rings. The molecule has 0 bridgehead atoms. The number of hydrogen-bond donors (Lipinski definition) is 1. The molecule has 2 atom stereocenters. The molecule has 22 heavy (non-hydrogen) atoms. The van der Waals surface area contributed by atoms with Gasteiger partial charge in [-0.15, -0.1) is 0 Å². The molecule has 2 heterocycles. The van der Waals surface area contributed by atoms with Crippen molar-refractivity contribution in [1.29, 1.82) is 0 Å². The minimum Gasteiger partial charge on any atom is -0.479 e. The second-order valence-electron chi connectivity index (χ2n) is 5.30. The molecular weight excluding hydrogens is 292 g/mol. The third-order valence-corrected chi connectivity index (χ3v) is 4.04. The summed E-state index contributed by atoms with van der Waals surface area (Å²) in [6.45, 7) is 0.344. The largest absolute Gasteiger partial charge is 0.479 e. The SMILES string of the molecule is O=C(O)[C@H]1CC[C@@H](C(=O)N2CCc3c2cccc3[N+](=O)[O-])O1. The minimum absolute atomic E-state index is 0.00329. The second-order valence-corrected chi connectivity index (χ2v) is 5.30. The maximum absolute atomic E-state index is 12.5. The van der Waals surface area contributed by atoms with Gasteiger partial charge in [-0.2, -0.15) is 0 Å². The number of carboxylic acid groups (broad SMARTS) is 1. The van der Waals surface area contributed by atoms with E-state index in [2.05, 4.69) is 0 Å². The van der Waals surface area contributed by atoms with E-state index in [4.69, 9.17) is 9.84 Å². The summed E-state index contributed by atoms with van der Waals surface area (Å²) in [6, 6.07) is 4.62. The molecule has 8 nitrogen and oxygen atoms in total. The lowest BCUT2D eigenvalue weighted by molar-refractivity contribution is -0.385. The number of carbonyl (C=O) groups is 2. The highest BCUT2D eigenvalue weighted by atomic mass is 16.6. The lowest BCUT2D eigenvalue weighted by atomic mass is 10.1. The quantitative estimate of drug-likeness (QED) is 0.661. The number of nitrogens with zero attached hydrogens (tertiary/aromatic N) is 2. The third kappa shape index (κ3) is 2.31. The summed E-state index contributed by atoms with van der Waals surface area (Å²) in [5, 5.41) is 19.9. The first-order valence-electron chi connectivity index (χ1n) is 6.95. The Balaban J connectivity index is 1.82. The zero-order valence-corrected chi connectivity index (χ0v) is 11.6. The highest BCUT2D eigenvalue weighted by Crippen LogP contribution is 2.36. The first-order valence-corrected chi connectivity index (χ1v) is 6.95. The van der Waals surface area contributed by atoms with Crippen molar-refractivity contribution in [3.63, 3.8) is 0 Å². The Labute approximate surface area is 125 Å². The molecule has 0 aliphatic carbocycles. The standard InChI is InChI=1S/C14H14N2O6/c17-13(11-4-5-12(22-11)14(18)19)15-7-6-8-9(15)2-1-3-10(8)16(20)21/h1-3,11-12H,4-7H2,(H,18,19)/t11-,12+/m0/s1. The predicted molar refractivity (Wildman–Crippen MR) is 74.7 cm³/mol. The molecule has 116 valence electrons. The molecule has 0 aromatic heterocycles. The van der Waals surface area contributed by atoms with E-state index >= 15 is 0 Å². The molecule has 0 spiro atoms. The molecule has 1 saturated heterocycles. The summed E-state index contributed by atoms with van der Waals surface area (Å²) >= 11 is 0. The Kier molecular flexibility index (Phi) is 3.53. The summed E-state index contributed by atoms with van der Waals surface area (Å²) < 4.78 is 5.27. The maximum atomic E-state index is 12.5. The van der Waals surface area contributed by atoms with E-state index in [-0.39, 0.29) is 11.6 Å². The Morgan fingerprint density at radius 2 is 2.05 bits per heavy atom. The number of carboxylic acids is 1. The van der Waals surface area contributed by atoms with Crippen LogP contribution in [0, 0.1) is 10.1 Å². The van der Waals surface area contributed by atoms with Gasteiger partial charge < -0.3 is 14.7 Å². The summed E-state index contributed by atoms with van der Waals surface area (Å²) in [5.41, 5.74) is 1.05. The van der Waals surface area contributed by atoms with Gasteiger partial charge in [0.05, 0.1) is 16.2 Å². The van der Waals surface area contributed by atoms with Crippen molar-refractivity contribution in [2.45, 2.75) is 31.5 Å². The molecule has 1 amide bonds. The average molecular weight is 306 g/mol. The molecule has 1 fully saturated rings. The van der Waals surface area contributed by atoms with Gasteiger partial charge in [-0.3, -0.25) is 14.9 Å². The fraction of sp³-hybridized carbons (Fsp3) is 0.429. The predicted octanol–water partition coefficient (Wildman–Crippen LogP) is 1.12. The number of benzene rings is 1. The van der Waals surface area contributed by atoms with Gasteiger partial charge >= 0.3 is 5.97 Å². The molecule has 2 aliphatic rings. The lowest BCUT2D eigenvalue weighted by Crippen LogP contribution is -2.38. The number of hydrogen-bond acceptors (Lipinski definition) is 5. The molecule has 3 rings (SSSR count). The first kappa shape index (κ1) is 14.5. The molecule has 0 radical (unpaired) electrons. The fourth-order valence-corrected chi connectivity index (χ4v) is 2.99. The summed E-state index contributed by atoms with van der Waals surface area (Å²) in [5.74, 6) is -1.41. The number of fused-ring (bicyclic) bond motifs is 1. The van der Waals surface area contributed by atoms with Crippen LogP contribution in [-0.2, 0) is 20.7 Å². The monoisotopic (exact) mass is 306 g/mol. The number of rotatable bonds is 3. The molecule has 8 heteroatoms. The number of amides is 1. The van der Waals surface area contributed by atoms with E-state index in [0.717, 1.165) is 0 Å². The molecule has 0 unspecified atom stereocenters. The van der Waals surface area contributed by atoms with E-state index in [9.17, 15) is 19.7 Å². The highest BCUT2D eigenvalue weighted by Gasteiger charge is 2.39. The van der Waals surface area contributed by atoms with Crippen LogP contribution in [0.3, 0.4) is 0 Å². The van der Waals surface area contributed by atoms with E-state index in [1.807, 2.05) is 0 Å². The molecular formula is C14H14N2O6. The average Bonchev–Trinajstić information content (AvgIpc) is 3.13. The molecule has 1 aromatic carbocycles. The zero-order valence-electron chi connectivity index (χ0n) is 11.6. The van der Waals surface area contributed by atoms with Crippen molar-refractivity contribution in [3.05, 3.63) is 33.9 Å². The van der Waals surface area contributed by atoms with Gasteiger partial charge in [0.15, 0.2) is 6.10 Å². The van der Waals surface area contributed by atoms with Crippen molar-refractivity contribution in [1.82, 2.24) is 0 Å². The summed E-state index contributed by atoms with van der Waals surface area (Å²) in [4.78, 5) is 35.4. The van der Waals surface area contributed by atoms with Gasteiger partial charge in [-0.25, -0.2) is 4.79 Å². The number of nitro benzene ring substituents is 1. The summed E-state index contributed by atoms with van der Waals surface area (Å²) in [6.07, 6.45) is -0.710. The third-order valence-electron chi connectivity index (χ3n) is 4.04. The van der Waals surface area contributed by atoms with E-state index in [0.29, 0.717) is 37.1 Å².